The molecule has 0 aromatic carbocycles. The summed E-state index contributed by atoms with van der Waals surface area (Å²) < 4.78 is 11.2. The van der Waals surface area contributed by atoms with Gasteiger partial charge in [-0.2, -0.15) is 0 Å². The summed E-state index contributed by atoms with van der Waals surface area (Å²) in [4.78, 5) is 61.4. The molecule has 10 atom stereocenters. The minimum atomic E-state index is -1.02. The third kappa shape index (κ3) is 26.3. The molecular weight excluding hydrogens is 827 g/mol. The molecule has 0 spiro atoms. The third-order valence-electron chi connectivity index (χ3n) is 16.3. The van der Waals surface area contributed by atoms with Crippen LogP contribution in [-0.2, 0) is 33.4 Å². The molecule has 0 heterocycles. The Kier molecular flexibility index (Phi) is 28.2. The number of carbonyl (C=O) groups is 5. The zero-order valence-corrected chi connectivity index (χ0v) is 42.7. The summed E-state index contributed by atoms with van der Waals surface area (Å²) in [5.41, 5.74) is 0. The van der Waals surface area contributed by atoms with Crippen molar-refractivity contribution in [2.24, 2.45) is 53.3 Å². The number of hydrogen-bond donors (Lipinski definition) is 2. The molecule has 4 aliphatic rings. The van der Waals surface area contributed by atoms with Crippen molar-refractivity contribution in [2.45, 2.75) is 264 Å². The van der Waals surface area contributed by atoms with Gasteiger partial charge in [0.05, 0.1) is 26.0 Å². The summed E-state index contributed by atoms with van der Waals surface area (Å²) in [5, 5.41) is 11.8. The Labute approximate surface area is 403 Å². The van der Waals surface area contributed by atoms with Crippen molar-refractivity contribution in [3.8, 4) is 0 Å². The lowest BCUT2D eigenvalue weighted by Crippen LogP contribution is -2.35. The molecule has 380 valence electrons. The fourth-order valence-corrected chi connectivity index (χ4v) is 11.2. The molecule has 0 aromatic heterocycles. The molecule has 0 saturated heterocycles. The van der Waals surface area contributed by atoms with Gasteiger partial charge in [-0.15, -0.1) is 0 Å². The van der Waals surface area contributed by atoms with Crippen molar-refractivity contribution in [3.63, 3.8) is 0 Å². The standard InChI is InChI=1S/C57H99NO8/c1-4-7-15-24-44-35-48(44)39-50-37-46(50)26-17-11-9-13-19-28-52(59)31-32-53(66-57(64)30-22-21-23-43(6-3)42-65-56(63)34-33-55(61)62)41-58-54(60)29-20-14-10-12-18-27-47-38-51(47)40-49-36-45(49)25-16-8-5-2/h43-51,53H,4-42H2,1-3H3,(H,58,60)(H,61,62). The van der Waals surface area contributed by atoms with E-state index in [2.05, 4.69) is 19.2 Å². The van der Waals surface area contributed by atoms with Crippen LogP contribution in [0.3, 0.4) is 0 Å². The van der Waals surface area contributed by atoms with E-state index in [0.717, 1.165) is 92.3 Å². The van der Waals surface area contributed by atoms with Crippen LogP contribution in [0.1, 0.15) is 258 Å². The van der Waals surface area contributed by atoms with Crippen LogP contribution in [0.15, 0.2) is 0 Å². The van der Waals surface area contributed by atoms with E-state index in [1.54, 1.807) is 0 Å². The SMILES string of the molecule is CCCCCC1CC1CC1CC1CCCCCCCC(=O)CCC(CNC(=O)CCCCCCCC1CC1CC1CC1CCCCC)OC(=O)CCCCC(CC)COC(=O)CCC(=O)O. The normalized spacial score (nSPS) is 24.6. The van der Waals surface area contributed by atoms with E-state index in [-0.39, 0.29) is 56.0 Å². The molecule has 9 heteroatoms. The lowest BCUT2D eigenvalue weighted by Gasteiger charge is -2.19. The second-order valence-electron chi connectivity index (χ2n) is 22.2. The van der Waals surface area contributed by atoms with Crippen LogP contribution in [-0.4, -0.2) is 54.0 Å². The van der Waals surface area contributed by atoms with Crippen LogP contribution in [0.5, 0.6) is 0 Å². The molecule has 4 saturated carbocycles. The molecule has 4 fully saturated rings. The van der Waals surface area contributed by atoms with Crippen LogP contribution in [0.25, 0.3) is 0 Å². The lowest BCUT2D eigenvalue weighted by atomic mass is 9.99. The van der Waals surface area contributed by atoms with Crippen molar-refractivity contribution in [2.75, 3.05) is 13.2 Å². The Balaban J connectivity index is 1.04. The van der Waals surface area contributed by atoms with E-state index in [4.69, 9.17) is 14.6 Å². The highest BCUT2D eigenvalue weighted by Gasteiger charge is 2.45. The third-order valence-corrected chi connectivity index (χ3v) is 16.3. The Morgan fingerprint density at radius 1 is 0.500 bits per heavy atom. The van der Waals surface area contributed by atoms with Gasteiger partial charge in [-0.05, 0) is 124 Å². The minimum Gasteiger partial charge on any atom is -0.481 e. The first kappa shape index (κ1) is 56.1. The van der Waals surface area contributed by atoms with Gasteiger partial charge in [-0.25, -0.2) is 0 Å². The molecule has 0 aliphatic heterocycles. The van der Waals surface area contributed by atoms with Crippen LogP contribution in [0, 0.1) is 53.3 Å². The lowest BCUT2D eigenvalue weighted by molar-refractivity contribution is -0.150. The number of nitrogens with one attached hydrogen (secondary N) is 1. The number of esters is 2. The second-order valence-corrected chi connectivity index (χ2v) is 22.2. The molecule has 4 aliphatic carbocycles. The smallest absolute Gasteiger partial charge is 0.306 e. The maximum atomic E-state index is 13.0. The van der Waals surface area contributed by atoms with E-state index >= 15 is 0 Å². The Morgan fingerprint density at radius 3 is 1.50 bits per heavy atom. The number of hydrogen-bond acceptors (Lipinski definition) is 7. The number of carboxylic acid groups (broad SMARTS) is 1. The summed E-state index contributed by atoms with van der Waals surface area (Å²) in [6, 6.07) is 0. The fraction of sp³-hybridized carbons (Fsp3) is 0.912. The van der Waals surface area contributed by atoms with Crippen LogP contribution in [0.2, 0.25) is 0 Å². The molecule has 2 N–H and O–H groups in total. The summed E-state index contributed by atoms with van der Waals surface area (Å²) in [7, 11) is 0. The number of rotatable bonds is 45. The Morgan fingerprint density at radius 2 is 0.985 bits per heavy atom. The highest BCUT2D eigenvalue weighted by atomic mass is 16.5. The number of carbonyl (C=O) groups excluding carboxylic acids is 4. The first-order valence-corrected chi connectivity index (χ1v) is 28.4. The van der Waals surface area contributed by atoms with Gasteiger partial charge in [0.25, 0.3) is 0 Å². The van der Waals surface area contributed by atoms with E-state index in [1.165, 1.54) is 141 Å². The zero-order valence-electron chi connectivity index (χ0n) is 42.7. The summed E-state index contributed by atoms with van der Waals surface area (Å²) in [6.45, 7) is 7.09. The van der Waals surface area contributed by atoms with Gasteiger partial charge in [0.1, 0.15) is 11.9 Å². The van der Waals surface area contributed by atoms with Crippen molar-refractivity contribution < 1.29 is 38.6 Å². The molecule has 0 bridgehead atoms. The molecule has 66 heavy (non-hydrogen) atoms. The largest absolute Gasteiger partial charge is 0.481 e. The molecule has 9 nitrogen and oxygen atoms in total. The van der Waals surface area contributed by atoms with Crippen LogP contribution >= 0.6 is 0 Å². The number of ketones is 1. The Bertz CT molecular complexity index is 1310. The fourth-order valence-electron chi connectivity index (χ4n) is 11.2. The minimum absolute atomic E-state index is 0.0166. The summed E-state index contributed by atoms with van der Waals surface area (Å²) in [6.07, 6.45) is 38.5. The summed E-state index contributed by atoms with van der Waals surface area (Å²) in [5.74, 6) is 6.65. The summed E-state index contributed by atoms with van der Waals surface area (Å²) >= 11 is 0. The predicted octanol–water partition coefficient (Wildman–Crippen LogP) is 14.3. The molecule has 0 radical (unpaired) electrons. The number of carboxylic acids is 1. The van der Waals surface area contributed by atoms with Gasteiger partial charge in [-0.3, -0.25) is 24.0 Å². The van der Waals surface area contributed by atoms with Gasteiger partial charge in [0.2, 0.25) is 5.91 Å². The first-order valence-electron chi connectivity index (χ1n) is 28.4. The number of Topliss-reactive ketones (excluding diaryl/α,β-unsaturated/α-hetero) is 1. The highest BCUT2D eigenvalue weighted by molar-refractivity contribution is 5.78. The quantitative estimate of drug-likeness (QED) is 0.0455. The molecule has 10 unspecified atom stereocenters. The highest BCUT2D eigenvalue weighted by Crippen LogP contribution is 2.55. The van der Waals surface area contributed by atoms with E-state index in [1.807, 2.05) is 6.92 Å². The first-order chi connectivity index (χ1) is 32.1. The van der Waals surface area contributed by atoms with Crippen molar-refractivity contribution in [3.05, 3.63) is 0 Å². The monoisotopic (exact) mass is 926 g/mol. The van der Waals surface area contributed by atoms with Gasteiger partial charge >= 0.3 is 17.9 Å². The zero-order chi connectivity index (χ0) is 47.4. The predicted molar refractivity (Wildman–Crippen MR) is 266 cm³/mol. The molecule has 0 aromatic rings. The average Bonchev–Trinajstić information content (AvgIpc) is 4.14. The van der Waals surface area contributed by atoms with E-state index in [9.17, 15) is 24.0 Å². The second kappa shape index (κ2) is 33.1. The molecular formula is C57H99NO8. The maximum Gasteiger partial charge on any atom is 0.306 e. The Hall–Kier alpha value is -2.45. The average molecular weight is 926 g/mol. The van der Waals surface area contributed by atoms with Crippen molar-refractivity contribution in [1.29, 1.82) is 0 Å². The van der Waals surface area contributed by atoms with Gasteiger partial charge in [-0.1, -0.05) is 149 Å². The van der Waals surface area contributed by atoms with Gasteiger partial charge < -0.3 is 19.9 Å². The van der Waals surface area contributed by atoms with Crippen LogP contribution in [0.4, 0.5) is 0 Å². The van der Waals surface area contributed by atoms with E-state index in [0.29, 0.717) is 32.1 Å². The topological polar surface area (TPSA) is 136 Å². The number of amides is 1. The van der Waals surface area contributed by atoms with Crippen molar-refractivity contribution in [1.82, 2.24) is 5.32 Å². The number of aliphatic carboxylic acids is 1. The maximum absolute atomic E-state index is 13.0. The number of unbranched alkanes of at least 4 members (excludes halogenated alkanes) is 13. The van der Waals surface area contributed by atoms with Crippen molar-refractivity contribution >= 4 is 29.6 Å². The van der Waals surface area contributed by atoms with Gasteiger partial charge in [0, 0.05) is 25.7 Å². The van der Waals surface area contributed by atoms with Gasteiger partial charge in [0.15, 0.2) is 0 Å². The van der Waals surface area contributed by atoms with Crippen LogP contribution < -0.4 is 5.32 Å². The van der Waals surface area contributed by atoms with E-state index < -0.39 is 18.0 Å². The molecule has 1 amide bonds. The number of ether oxygens (including phenoxy) is 2. The molecule has 4 rings (SSSR count).